The predicted octanol–water partition coefficient (Wildman–Crippen LogP) is 2.14. The third kappa shape index (κ3) is 2.16. The lowest BCUT2D eigenvalue weighted by Gasteiger charge is -2.17. The van der Waals surface area contributed by atoms with Gasteiger partial charge in [0.2, 0.25) is 0 Å². The highest BCUT2D eigenvalue weighted by atomic mass is 32.2. The summed E-state index contributed by atoms with van der Waals surface area (Å²) in [6.45, 7) is 0. The Morgan fingerprint density at radius 2 is 1.90 bits per heavy atom. The number of carbonyl (C=O) groups is 1. The fourth-order valence-electron chi connectivity index (χ4n) is 2.22. The van der Waals surface area contributed by atoms with Crippen molar-refractivity contribution < 1.29 is 13.2 Å². The fraction of sp³-hybridized carbons (Fsp3) is 0.0667. The zero-order chi connectivity index (χ0) is 14.2. The number of rotatable bonds is 1. The van der Waals surface area contributed by atoms with Crippen LogP contribution in [-0.4, -0.2) is 24.9 Å². The molecule has 0 aliphatic carbocycles. The van der Waals surface area contributed by atoms with Gasteiger partial charge >= 0.3 is 0 Å². The number of nitrogens with zero attached hydrogens (tertiary/aromatic N) is 1. The van der Waals surface area contributed by atoms with Crippen molar-refractivity contribution in [1.82, 2.24) is 4.98 Å². The second-order valence-corrected chi connectivity index (χ2v) is 6.50. The molecule has 2 heterocycles. The van der Waals surface area contributed by atoms with Crippen molar-refractivity contribution in [3.63, 3.8) is 0 Å². The molecule has 3 rings (SSSR count). The van der Waals surface area contributed by atoms with Crippen LogP contribution >= 0.6 is 0 Å². The maximum Gasteiger partial charge on any atom is 0.191 e. The van der Waals surface area contributed by atoms with E-state index >= 15 is 0 Å². The molecular formula is C15H11NO3S. The Bertz CT molecular complexity index is 808. The van der Waals surface area contributed by atoms with Crippen LogP contribution in [0.2, 0.25) is 0 Å². The summed E-state index contributed by atoms with van der Waals surface area (Å²) in [5, 5.41) is 0. The summed E-state index contributed by atoms with van der Waals surface area (Å²) in [5.74, 6) is -0.503. The van der Waals surface area contributed by atoms with Crippen molar-refractivity contribution in [2.45, 2.75) is 4.90 Å². The highest BCUT2D eigenvalue weighted by Crippen LogP contribution is 2.28. The number of hydrogen-bond donors (Lipinski definition) is 0. The maximum atomic E-state index is 12.4. The monoisotopic (exact) mass is 285 g/mol. The molecule has 5 heteroatoms. The molecule has 1 aliphatic rings. The van der Waals surface area contributed by atoms with Crippen LogP contribution in [0.1, 0.15) is 15.9 Å². The van der Waals surface area contributed by atoms with Crippen LogP contribution in [0.5, 0.6) is 0 Å². The molecule has 0 amide bonds. The van der Waals surface area contributed by atoms with E-state index in [2.05, 4.69) is 4.98 Å². The number of hydrogen-bond acceptors (Lipinski definition) is 4. The highest BCUT2D eigenvalue weighted by molar-refractivity contribution is 7.91. The number of benzene rings is 1. The van der Waals surface area contributed by atoms with Crippen LogP contribution < -0.4 is 0 Å². The van der Waals surface area contributed by atoms with Crippen molar-refractivity contribution in [1.29, 1.82) is 0 Å². The lowest BCUT2D eigenvalue weighted by atomic mass is 10.0. The Hall–Kier alpha value is -2.27. The first kappa shape index (κ1) is 12.7. The van der Waals surface area contributed by atoms with Crippen LogP contribution in [0.25, 0.3) is 6.08 Å². The van der Waals surface area contributed by atoms with Gasteiger partial charge in [-0.1, -0.05) is 18.2 Å². The van der Waals surface area contributed by atoms with Gasteiger partial charge in [0, 0.05) is 23.5 Å². The predicted molar refractivity (Wildman–Crippen MR) is 75.0 cm³/mol. The van der Waals surface area contributed by atoms with Gasteiger partial charge in [0.1, 0.15) is 0 Å². The molecule has 1 aliphatic heterocycles. The van der Waals surface area contributed by atoms with Gasteiger partial charge in [0.15, 0.2) is 15.6 Å². The van der Waals surface area contributed by atoms with Gasteiger partial charge < -0.3 is 0 Å². The average molecular weight is 285 g/mol. The third-order valence-electron chi connectivity index (χ3n) is 3.13. The smallest absolute Gasteiger partial charge is 0.191 e. The second-order valence-electron chi connectivity index (χ2n) is 4.54. The van der Waals surface area contributed by atoms with E-state index in [1.165, 1.54) is 6.07 Å². The molecule has 4 nitrogen and oxygen atoms in total. The molecule has 1 aromatic carbocycles. The minimum Gasteiger partial charge on any atom is -0.289 e. The normalized spacial score (nSPS) is 18.8. The number of aromatic nitrogens is 1. The summed E-state index contributed by atoms with van der Waals surface area (Å²) in [6, 6.07) is 9.83. The van der Waals surface area contributed by atoms with Crippen molar-refractivity contribution in [3.05, 3.63) is 65.5 Å². The van der Waals surface area contributed by atoms with E-state index in [0.29, 0.717) is 5.56 Å². The number of sulfone groups is 1. The van der Waals surface area contributed by atoms with E-state index in [4.69, 9.17) is 0 Å². The fourth-order valence-corrected chi connectivity index (χ4v) is 3.78. The number of carbonyl (C=O) groups excluding carboxylic acids is 1. The van der Waals surface area contributed by atoms with Gasteiger partial charge in [0.05, 0.1) is 10.6 Å². The number of fused-ring (bicyclic) bond motifs is 1. The Kier molecular flexibility index (Phi) is 2.99. The number of ketones is 1. The molecule has 0 unspecified atom stereocenters. The van der Waals surface area contributed by atoms with E-state index in [9.17, 15) is 13.2 Å². The molecule has 1 aromatic heterocycles. The van der Waals surface area contributed by atoms with Crippen LogP contribution in [0, 0.1) is 0 Å². The molecule has 100 valence electrons. The number of pyridine rings is 1. The highest BCUT2D eigenvalue weighted by Gasteiger charge is 2.32. The molecule has 0 bridgehead atoms. The summed E-state index contributed by atoms with van der Waals surface area (Å²) < 4.78 is 24.4. The summed E-state index contributed by atoms with van der Waals surface area (Å²) >= 11 is 0. The van der Waals surface area contributed by atoms with Crippen molar-refractivity contribution >= 4 is 21.7 Å². The molecule has 2 aromatic rings. The first-order chi connectivity index (χ1) is 9.58. The third-order valence-corrected chi connectivity index (χ3v) is 4.85. The van der Waals surface area contributed by atoms with Gasteiger partial charge in [-0.25, -0.2) is 8.42 Å². The Balaban J connectivity index is 2.15. The van der Waals surface area contributed by atoms with E-state index in [0.717, 1.165) is 0 Å². The van der Waals surface area contributed by atoms with E-state index < -0.39 is 9.84 Å². The molecule has 0 saturated heterocycles. The average Bonchev–Trinajstić information content (AvgIpc) is 2.46. The zero-order valence-electron chi connectivity index (χ0n) is 10.5. The Morgan fingerprint density at radius 1 is 1.10 bits per heavy atom. The molecule has 0 spiro atoms. The molecule has 0 radical (unpaired) electrons. The standard InChI is InChI=1S/C15H11NO3S/c17-15-12(8-11-4-3-7-16-9-11)10-20(18,19)14-6-2-1-5-13(14)15/h1-9H,10H2. The molecule has 20 heavy (non-hydrogen) atoms. The van der Waals surface area contributed by atoms with E-state index in [1.807, 2.05) is 0 Å². The summed E-state index contributed by atoms with van der Waals surface area (Å²) in [4.78, 5) is 16.4. The summed E-state index contributed by atoms with van der Waals surface area (Å²) in [7, 11) is -3.45. The first-order valence-corrected chi connectivity index (χ1v) is 7.70. The van der Waals surface area contributed by atoms with Crippen LogP contribution in [0.4, 0.5) is 0 Å². The SMILES string of the molecule is O=C1C(=Cc2cccnc2)CS(=O)(=O)c2ccccc21. The summed E-state index contributed by atoms with van der Waals surface area (Å²) in [5.41, 5.74) is 1.23. The number of Topliss-reactive ketones (excluding diaryl/α,β-unsaturated/α-hetero) is 1. The van der Waals surface area contributed by atoms with Crippen molar-refractivity contribution in [2.24, 2.45) is 0 Å². The van der Waals surface area contributed by atoms with Crippen LogP contribution in [-0.2, 0) is 9.84 Å². The van der Waals surface area contributed by atoms with Gasteiger partial charge in [-0.15, -0.1) is 0 Å². The lowest BCUT2D eigenvalue weighted by molar-refractivity contribution is 0.103. The van der Waals surface area contributed by atoms with Crippen LogP contribution in [0.3, 0.4) is 0 Å². The minimum atomic E-state index is -3.45. The van der Waals surface area contributed by atoms with Gasteiger partial charge in [-0.2, -0.15) is 0 Å². The first-order valence-electron chi connectivity index (χ1n) is 6.05. The topological polar surface area (TPSA) is 64.1 Å². The zero-order valence-corrected chi connectivity index (χ0v) is 11.3. The van der Waals surface area contributed by atoms with Gasteiger partial charge in [-0.3, -0.25) is 9.78 Å². The molecule has 0 atom stereocenters. The molecule has 0 saturated carbocycles. The van der Waals surface area contributed by atoms with E-state index in [-0.39, 0.29) is 27.6 Å². The largest absolute Gasteiger partial charge is 0.289 e. The molecular weight excluding hydrogens is 274 g/mol. The van der Waals surface area contributed by atoms with Crippen LogP contribution in [0.15, 0.2) is 59.3 Å². The minimum absolute atomic E-state index is 0.119. The van der Waals surface area contributed by atoms with Gasteiger partial charge in [-0.05, 0) is 29.8 Å². The molecule has 0 fully saturated rings. The summed E-state index contributed by atoms with van der Waals surface area (Å²) in [6.07, 6.45) is 4.80. The second kappa shape index (κ2) is 4.68. The Morgan fingerprint density at radius 3 is 2.65 bits per heavy atom. The van der Waals surface area contributed by atoms with Crippen molar-refractivity contribution in [3.8, 4) is 0 Å². The lowest BCUT2D eigenvalue weighted by Crippen LogP contribution is -2.24. The Labute approximate surface area is 116 Å². The van der Waals surface area contributed by atoms with Gasteiger partial charge in [0.25, 0.3) is 0 Å². The van der Waals surface area contributed by atoms with Crippen molar-refractivity contribution in [2.75, 3.05) is 5.75 Å². The maximum absolute atomic E-state index is 12.4. The van der Waals surface area contributed by atoms with E-state index in [1.54, 1.807) is 48.8 Å². The molecule has 0 N–H and O–H groups in total. The quantitative estimate of drug-likeness (QED) is 0.753.